The van der Waals surface area contributed by atoms with Gasteiger partial charge < -0.3 is 4.90 Å². The van der Waals surface area contributed by atoms with Crippen molar-refractivity contribution in [1.29, 1.82) is 0 Å². The molecule has 246 valence electrons. The quantitative estimate of drug-likeness (QED) is 0.172. The van der Waals surface area contributed by atoms with Gasteiger partial charge in [-0.25, -0.2) is 0 Å². The van der Waals surface area contributed by atoms with Gasteiger partial charge in [0.25, 0.3) is 0 Å². The number of benzene rings is 8. The molecule has 0 spiro atoms. The van der Waals surface area contributed by atoms with Crippen LogP contribution in [0.3, 0.4) is 0 Å². The van der Waals surface area contributed by atoms with Crippen LogP contribution in [0.2, 0.25) is 0 Å². The Morgan fingerprint density at radius 3 is 1.84 bits per heavy atom. The molecule has 1 heteroatoms. The first-order valence-corrected chi connectivity index (χ1v) is 18.1. The molecule has 0 aliphatic heterocycles. The molecular formula is C50H41N. The normalized spacial score (nSPS) is 13.0. The van der Waals surface area contributed by atoms with E-state index in [0.717, 1.165) is 11.4 Å². The Morgan fingerprint density at radius 1 is 0.431 bits per heavy atom. The molecule has 1 nitrogen and oxygen atoms in total. The standard InChI is InChI=1S/C50H41N/c1-33(2)42-19-12-20-46-49(42)45-30-28-41(32-47(45)50(46,3)4)51(40-27-21-34-13-8-9-17-38(34)31-40)39-25-22-36(23-26-39)44-29-24-35-14-10-11-18-43(35)48(44)37-15-6-5-7-16-37/h5-33H,1-4H3. The largest absolute Gasteiger partial charge is 0.310 e. The molecule has 0 saturated carbocycles. The lowest BCUT2D eigenvalue weighted by atomic mass is 9.81. The molecule has 0 unspecified atom stereocenters. The smallest absolute Gasteiger partial charge is 0.0468 e. The fraction of sp³-hybridized carbons (Fsp3) is 0.120. The van der Waals surface area contributed by atoms with E-state index >= 15 is 0 Å². The van der Waals surface area contributed by atoms with Crippen LogP contribution in [0.25, 0.3) is 54.9 Å². The molecule has 0 heterocycles. The van der Waals surface area contributed by atoms with Crippen LogP contribution in [0, 0.1) is 0 Å². The minimum Gasteiger partial charge on any atom is -0.310 e. The zero-order chi connectivity index (χ0) is 34.7. The van der Waals surface area contributed by atoms with Gasteiger partial charge in [0.15, 0.2) is 0 Å². The lowest BCUT2D eigenvalue weighted by molar-refractivity contribution is 0.659. The summed E-state index contributed by atoms with van der Waals surface area (Å²) in [6.07, 6.45) is 0. The maximum Gasteiger partial charge on any atom is 0.0468 e. The summed E-state index contributed by atoms with van der Waals surface area (Å²) in [6.45, 7) is 9.38. The number of fused-ring (bicyclic) bond motifs is 5. The zero-order valence-electron chi connectivity index (χ0n) is 29.7. The number of nitrogens with zero attached hydrogens (tertiary/aromatic N) is 1. The Balaban J connectivity index is 1.20. The predicted octanol–water partition coefficient (Wildman–Crippen LogP) is 14.2. The van der Waals surface area contributed by atoms with Gasteiger partial charge in [-0.05, 0) is 114 Å². The van der Waals surface area contributed by atoms with Gasteiger partial charge in [-0.2, -0.15) is 0 Å². The first kappa shape index (κ1) is 31.1. The van der Waals surface area contributed by atoms with E-state index in [1.54, 1.807) is 0 Å². The van der Waals surface area contributed by atoms with Crippen molar-refractivity contribution >= 4 is 38.6 Å². The molecule has 1 aliphatic carbocycles. The Bertz CT molecular complexity index is 2570. The van der Waals surface area contributed by atoms with E-state index in [4.69, 9.17) is 0 Å². The van der Waals surface area contributed by atoms with E-state index < -0.39 is 0 Å². The highest BCUT2D eigenvalue weighted by atomic mass is 15.1. The van der Waals surface area contributed by atoms with E-state index in [2.05, 4.69) is 202 Å². The lowest BCUT2D eigenvalue weighted by Crippen LogP contribution is -2.16. The van der Waals surface area contributed by atoms with Crippen molar-refractivity contribution in [1.82, 2.24) is 0 Å². The number of hydrogen-bond donors (Lipinski definition) is 0. The van der Waals surface area contributed by atoms with Gasteiger partial charge in [0, 0.05) is 22.5 Å². The SMILES string of the molecule is CC(C)c1cccc2c1-c1ccc(N(c3ccc(-c4ccc5ccccc5c4-c4ccccc4)cc3)c3ccc4ccccc4c3)cc1C2(C)C. The monoisotopic (exact) mass is 655 g/mol. The second-order valence-corrected chi connectivity index (χ2v) is 14.8. The Kier molecular flexibility index (Phi) is 7.40. The molecule has 0 saturated heterocycles. The van der Waals surface area contributed by atoms with Gasteiger partial charge in [-0.1, -0.05) is 161 Å². The third-order valence-corrected chi connectivity index (χ3v) is 11.0. The maximum atomic E-state index is 2.44. The maximum absolute atomic E-state index is 2.44. The molecule has 0 atom stereocenters. The number of rotatable bonds is 6. The summed E-state index contributed by atoms with van der Waals surface area (Å²) < 4.78 is 0. The lowest BCUT2D eigenvalue weighted by Gasteiger charge is -2.28. The first-order chi connectivity index (χ1) is 24.9. The molecule has 0 aromatic heterocycles. The molecule has 1 aliphatic rings. The van der Waals surface area contributed by atoms with Crippen LogP contribution in [-0.2, 0) is 5.41 Å². The molecule has 8 aromatic rings. The molecule has 0 amide bonds. The van der Waals surface area contributed by atoms with Crippen molar-refractivity contribution in [3.63, 3.8) is 0 Å². The Labute approximate surface area is 301 Å². The van der Waals surface area contributed by atoms with E-state index in [9.17, 15) is 0 Å². The molecule has 0 fully saturated rings. The van der Waals surface area contributed by atoms with Gasteiger partial charge in [0.2, 0.25) is 0 Å². The van der Waals surface area contributed by atoms with Crippen molar-refractivity contribution in [2.45, 2.75) is 39.0 Å². The average molecular weight is 656 g/mol. The summed E-state index contributed by atoms with van der Waals surface area (Å²) in [4.78, 5) is 2.43. The van der Waals surface area contributed by atoms with Crippen molar-refractivity contribution in [3.8, 4) is 33.4 Å². The Hall–Kier alpha value is -5.92. The Morgan fingerprint density at radius 2 is 1.06 bits per heavy atom. The third-order valence-electron chi connectivity index (χ3n) is 11.0. The fourth-order valence-corrected chi connectivity index (χ4v) is 8.41. The van der Waals surface area contributed by atoms with E-state index in [1.165, 1.54) is 77.3 Å². The van der Waals surface area contributed by atoms with Crippen molar-refractivity contribution in [2.24, 2.45) is 0 Å². The minimum atomic E-state index is -0.103. The first-order valence-electron chi connectivity index (χ1n) is 18.1. The van der Waals surface area contributed by atoms with E-state index in [1.807, 2.05) is 0 Å². The summed E-state index contributed by atoms with van der Waals surface area (Å²) in [5, 5.41) is 5.00. The fourth-order valence-electron chi connectivity index (χ4n) is 8.41. The summed E-state index contributed by atoms with van der Waals surface area (Å²) >= 11 is 0. The van der Waals surface area contributed by atoms with Crippen LogP contribution >= 0.6 is 0 Å². The van der Waals surface area contributed by atoms with Crippen LogP contribution in [0.15, 0.2) is 170 Å². The predicted molar refractivity (Wildman–Crippen MR) is 219 cm³/mol. The summed E-state index contributed by atoms with van der Waals surface area (Å²) in [5.41, 5.74) is 15.3. The summed E-state index contributed by atoms with van der Waals surface area (Å²) in [5.74, 6) is 0.457. The molecule has 8 aromatic carbocycles. The van der Waals surface area contributed by atoms with Crippen LogP contribution in [0.1, 0.15) is 50.3 Å². The number of anilines is 3. The van der Waals surface area contributed by atoms with E-state index in [0.29, 0.717) is 5.92 Å². The molecule has 51 heavy (non-hydrogen) atoms. The van der Waals surface area contributed by atoms with Crippen molar-refractivity contribution in [2.75, 3.05) is 4.90 Å². The molecular weight excluding hydrogens is 615 g/mol. The minimum absolute atomic E-state index is 0.103. The van der Waals surface area contributed by atoms with Crippen LogP contribution in [-0.4, -0.2) is 0 Å². The van der Waals surface area contributed by atoms with Gasteiger partial charge >= 0.3 is 0 Å². The van der Waals surface area contributed by atoms with Crippen LogP contribution in [0.5, 0.6) is 0 Å². The van der Waals surface area contributed by atoms with Gasteiger partial charge in [-0.15, -0.1) is 0 Å². The zero-order valence-corrected chi connectivity index (χ0v) is 29.7. The summed E-state index contributed by atoms with van der Waals surface area (Å²) in [6, 6.07) is 62.7. The highest BCUT2D eigenvalue weighted by Crippen LogP contribution is 2.53. The van der Waals surface area contributed by atoms with Crippen LogP contribution in [0.4, 0.5) is 17.1 Å². The molecule has 9 rings (SSSR count). The van der Waals surface area contributed by atoms with Crippen molar-refractivity contribution < 1.29 is 0 Å². The van der Waals surface area contributed by atoms with Crippen molar-refractivity contribution in [3.05, 3.63) is 187 Å². The second-order valence-electron chi connectivity index (χ2n) is 14.8. The number of hydrogen-bond acceptors (Lipinski definition) is 1. The third kappa shape index (κ3) is 5.15. The molecule has 0 radical (unpaired) electrons. The van der Waals surface area contributed by atoms with Gasteiger partial charge in [0.1, 0.15) is 0 Å². The average Bonchev–Trinajstić information content (AvgIpc) is 3.40. The topological polar surface area (TPSA) is 3.24 Å². The molecule has 0 bridgehead atoms. The highest BCUT2D eigenvalue weighted by molar-refractivity contribution is 6.04. The van der Waals surface area contributed by atoms with E-state index in [-0.39, 0.29) is 5.41 Å². The summed E-state index contributed by atoms with van der Waals surface area (Å²) in [7, 11) is 0. The highest BCUT2D eigenvalue weighted by Gasteiger charge is 2.37. The van der Waals surface area contributed by atoms with Gasteiger partial charge in [-0.3, -0.25) is 0 Å². The second kappa shape index (κ2) is 12.1. The molecule has 0 N–H and O–H groups in total. The van der Waals surface area contributed by atoms with Gasteiger partial charge in [0.05, 0.1) is 0 Å². The van der Waals surface area contributed by atoms with Crippen LogP contribution < -0.4 is 4.90 Å².